The maximum absolute atomic E-state index is 11.8. The fourth-order valence-corrected chi connectivity index (χ4v) is 2.38. The molecule has 86 valence electrons. The zero-order valence-corrected chi connectivity index (χ0v) is 9.17. The zero-order valence-electron chi connectivity index (χ0n) is 9.17. The highest BCUT2D eigenvalue weighted by Gasteiger charge is 2.40. The van der Waals surface area contributed by atoms with E-state index in [0.717, 1.165) is 44.9 Å². The van der Waals surface area contributed by atoms with Crippen LogP contribution in [0.3, 0.4) is 0 Å². The summed E-state index contributed by atoms with van der Waals surface area (Å²) in [5.41, 5.74) is 11.2. The van der Waals surface area contributed by atoms with Crippen molar-refractivity contribution in [2.45, 2.75) is 62.6 Å². The Morgan fingerprint density at radius 1 is 1.20 bits per heavy atom. The lowest BCUT2D eigenvalue weighted by molar-refractivity contribution is -0.130. The van der Waals surface area contributed by atoms with Crippen LogP contribution >= 0.6 is 0 Å². The van der Waals surface area contributed by atoms with Crippen LogP contribution in [-0.2, 0) is 4.79 Å². The molecule has 15 heavy (non-hydrogen) atoms. The van der Waals surface area contributed by atoms with Gasteiger partial charge in [-0.25, -0.2) is 0 Å². The van der Waals surface area contributed by atoms with E-state index in [4.69, 9.17) is 11.5 Å². The van der Waals surface area contributed by atoms with E-state index in [1.165, 1.54) is 0 Å². The molecule has 0 aromatic rings. The molecule has 2 fully saturated rings. The summed E-state index contributed by atoms with van der Waals surface area (Å²) in [7, 11) is 0. The Labute approximate surface area is 90.8 Å². The van der Waals surface area contributed by atoms with Crippen molar-refractivity contribution in [3.63, 3.8) is 0 Å². The third-order valence-corrected chi connectivity index (χ3v) is 3.81. The molecule has 0 heterocycles. The Bertz CT molecular complexity index is 242. The first-order valence-corrected chi connectivity index (χ1v) is 5.95. The highest BCUT2D eigenvalue weighted by molar-refractivity contribution is 5.87. The molecule has 2 aliphatic carbocycles. The van der Waals surface area contributed by atoms with Gasteiger partial charge in [0.15, 0.2) is 0 Å². The number of carbonyl (C=O) groups excluding carboxylic acids is 1. The van der Waals surface area contributed by atoms with Crippen molar-refractivity contribution in [1.29, 1.82) is 0 Å². The van der Waals surface area contributed by atoms with Crippen molar-refractivity contribution < 1.29 is 4.79 Å². The Kier molecular flexibility index (Phi) is 2.98. The van der Waals surface area contributed by atoms with Gasteiger partial charge in [0.2, 0.25) is 5.91 Å². The average Bonchev–Trinajstić information content (AvgIpc) is 2.18. The van der Waals surface area contributed by atoms with Crippen molar-refractivity contribution in [3.05, 3.63) is 0 Å². The second-order valence-corrected chi connectivity index (χ2v) is 5.09. The molecule has 5 N–H and O–H groups in total. The first kappa shape index (κ1) is 10.9. The van der Waals surface area contributed by atoms with Gasteiger partial charge in [0, 0.05) is 12.1 Å². The molecule has 0 bridgehead atoms. The number of carbonyl (C=O) groups is 1. The summed E-state index contributed by atoms with van der Waals surface area (Å²) in [6.07, 6.45) is 6.80. The van der Waals surface area contributed by atoms with Crippen molar-refractivity contribution >= 4 is 5.91 Å². The van der Waals surface area contributed by atoms with Gasteiger partial charge in [0.05, 0.1) is 5.54 Å². The van der Waals surface area contributed by atoms with Crippen molar-refractivity contribution in [2.24, 2.45) is 11.5 Å². The minimum Gasteiger partial charge on any atom is -0.352 e. The fourth-order valence-electron chi connectivity index (χ4n) is 2.38. The lowest BCUT2D eigenvalue weighted by Gasteiger charge is -2.38. The first-order chi connectivity index (χ1) is 7.10. The van der Waals surface area contributed by atoms with Crippen molar-refractivity contribution in [1.82, 2.24) is 5.32 Å². The SMILES string of the molecule is NC1CCC(NC(=O)C2(N)CCC2)CC1. The molecule has 0 saturated heterocycles. The molecule has 4 nitrogen and oxygen atoms in total. The van der Waals surface area contributed by atoms with Gasteiger partial charge in [-0.15, -0.1) is 0 Å². The third-order valence-electron chi connectivity index (χ3n) is 3.81. The van der Waals surface area contributed by atoms with Crippen LogP contribution in [0.1, 0.15) is 44.9 Å². The van der Waals surface area contributed by atoms with Crippen LogP contribution in [0.2, 0.25) is 0 Å². The lowest BCUT2D eigenvalue weighted by atomic mass is 9.76. The normalized spacial score (nSPS) is 34.3. The van der Waals surface area contributed by atoms with E-state index >= 15 is 0 Å². The molecule has 0 radical (unpaired) electrons. The molecule has 0 spiro atoms. The quantitative estimate of drug-likeness (QED) is 0.612. The molecule has 0 atom stereocenters. The molecule has 0 aromatic carbocycles. The van der Waals surface area contributed by atoms with E-state index < -0.39 is 5.54 Å². The van der Waals surface area contributed by atoms with Gasteiger partial charge in [-0.3, -0.25) is 4.79 Å². The molecule has 1 amide bonds. The number of rotatable bonds is 2. The smallest absolute Gasteiger partial charge is 0.240 e. The van der Waals surface area contributed by atoms with Gasteiger partial charge in [0.1, 0.15) is 0 Å². The topological polar surface area (TPSA) is 81.1 Å². The number of hydrogen-bond acceptors (Lipinski definition) is 3. The molecule has 2 aliphatic rings. The fraction of sp³-hybridized carbons (Fsp3) is 0.909. The predicted molar refractivity (Wildman–Crippen MR) is 59.1 cm³/mol. The minimum absolute atomic E-state index is 0.0502. The maximum Gasteiger partial charge on any atom is 0.240 e. The second-order valence-electron chi connectivity index (χ2n) is 5.09. The average molecular weight is 211 g/mol. The molecule has 2 saturated carbocycles. The monoisotopic (exact) mass is 211 g/mol. The largest absolute Gasteiger partial charge is 0.352 e. The summed E-state index contributed by atoms with van der Waals surface area (Å²) in [5, 5.41) is 3.06. The van der Waals surface area contributed by atoms with Crippen LogP contribution in [0.5, 0.6) is 0 Å². The highest BCUT2D eigenvalue weighted by Crippen LogP contribution is 2.29. The molecular formula is C11H21N3O. The molecular weight excluding hydrogens is 190 g/mol. The van der Waals surface area contributed by atoms with E-state index in [1.807, 2.05) is 0 Å². The van der Waals surface area contributed by atoms with Gasteiger partial charge in [-0.2, -0.15) is 0 Å². The Morgan fingerprint density at radius 2 is 1.80 bits per heavy atom. The molecule has 2 rings (SSSR count). The van der Waals surface area contributed by atoms with Gasteiger partial charge in [-0.05, 0) is 44.9 Å². The van der Waals surface area contributed by atoms with Crippen LogP contribution in [-0.4, -0.2) is 23.5 Å². The highest BCUT2D eigenvalue weighted by atomic mass is 16.2. The van der Waals surface area contributed by atoms with E-state index in [0.29, 0.717) is 12.1 Å². The molecule has 0 unspecified atom stereocenters. The molecule has 4 heteroatoms. The van der Waals surface area contributed by atoms with Crippen LogP contribution in [0.15, 0.2) is 0 Å². The van der Waals surface area contributed by atoms with Crippen LogP contribution in [0.25, 0.3) is 0 Å². The summed E-state index contributed by atoms with van der Waals surface area (Å²) in [6.45, 7) is 0. The zero-order chi connectivity index (χ0) is 10.9. The van der Waals surface area contributed by atoms with Gasteiger partial charge >= 0.3 is 0 Å². The van der Waals surface area contributed by atoms with Crippen molar-refractivity contribution in [3.8, 4) is 0 Å². The van der Waals surface area contributed by atoms with Crippen LogP contribution in [0, 0.1) is 0 Å². The molecule has 0 aromatic heterocycles. The summed E-state index contributed by atoms with van der Waals surface area (Å²) < 4.78 is 0. The van der Waals surface area contributed by atoms with Crippen molar-refractivity contribution in [2.75, 3.05) is 0 Å². The maximum atomic E-state index is 11.8. The number of amides is 1. The first-order valence-electron chi connectivity index (χ1n) is 5.95. The standard InChI is InChI=1S/C11H21N3O/c12-8-2-4-9(5-3-8)14-10(15)11(13)6-1-7-11/h8-9H,1-7,12-13H2,(H,14,15). The summed E-state index contributed by atoms with van der Waals surface area (Å²) in [5.74, 6) is 0.0502. The minimum atomic E-state index is -0.556. The summed E-state index contributed by atoms with van der Waals surface area (Å²) in [6, 6.07) is 0.631. The predicted octanol–water partition coefficient (Wildman–Crippen LogP) is 0.254. The van der Waals surface area contributed by atoms with Gasteiger partial charge < -0.3 is 16.8 Å². The number of hydrogen-bond donors (Lipinski definition) is 3. The second kappa shape index (κ2) is 4.10. The molecule has 0 aliphatic heterocycles. The summed E-state index contributed by atoms with van der Waals surface area (Å²) in [4.78, 5) is 11.8. The van der Waals surface area contributed by atoms with E-state index in [2.05, 4.69) is 5.32 Å². The van der Waals surface area contributed by atoms with E-state index in [-0.39, 0.29) is 5.91 Å². The third kappa shape index (κ3) is 2.32. The van der Waals surface area contributed by atoms with E-state index in [1.54, 1.807) is 0 Å². The number of nitrogens with one attached hydrogen (secondary N) is 1. The van der Waals surface area contributed by atoms with E-state index in [9.17, 15) is 4.79 Å². The Hall–Kier alpha value is -0.610. The van der Waals surface area contributed by atoms with Gasteiger partial charge in [0.25, 0.3) is 0 Å². The summed E-state index contributed by atoms with van der Waals surface area (Å²) >= 11 is 0. The Morgan fingerprint density at radius 3 is 2.27 bits per heavy atom. The lowest BCUT2D eigenvalue weighted by Crippen LogP contribution is -2.60. The van der Waals surface area contributed by atoms with Crippen LogP contribution in [0.4, 0.5) is 0 Å². The van der Waals surface area contributed by atoms with Crippen LogP contribution < -0.4 is 16.8 Å². The Balaban J connectivity index is 1.79. The number of nitrogens with two attached hydrogens (primary N) is 2. The van der Waals surface area contributed by atoms with Gasteiger partial charge in [-0.1, -0.05) is 0 Å².